The van der Waals surface area contributed by atoms with Crippen LogP contribution in [0.4, 0.5) is 4.39 Å². The summed E-state index contributed by atoms with van der Waals surface area (Å²) in [5.74, 6) is -0.722. The molecule has 0 fully saturated rings. The lowest BCUT2D eigenvalue weighted by molar-refractivity contribution is 0.0526. The second kappa shape index (κ2) is 5.05. The van der Waals surface area contributed by atoms with Gasteiger partial charge in [0.25, 0.3) is 0 Å². The molecule has 0 aliphatic rings. The Labute approximate surface area is 102 Å². The van der Waals surface area contributed by atoms with Crippen molar-refractivity contribution in [2.24, 2.45) is 0 Å². The van der Waals surface area contributed by atoms with Gasteiger partial charge in [0.05, 0.1) is 12.3 Å². The summed E-state index contributed by atoms with van der Waals surface area (Å²) in [5, 5.41) is 2.06. The Bertz CT molecular complexity index is 522. The van der Waals surface area contributed by atoms with E-state index in [0.717, 1.165) is 5.56 Å². The molecule has 0 aliphatic heterocycles. The molecule has 0 radical (unpaired) electrons. The number of ether oxygens (including phenoxy) is 1. The second-order valence-corrected chi connectivity index (χ2v) is 4.12. The summed E-state index contributed by atoms with van der Waals surface area (Å²) in [4.78, 5) is 15.6. The molecular formula is C12H10FNO2S. The molecule has 0 unspecified atom stereocenters. The molecule has 17 heavy (non-hydrogen) atoms. The number of hydrogen-bond acceptors (Lipinski definition) is 4. The van der Waals surface area contributed by atoms with Gasteiger partial charge in [-0.3, -0.25) is 0 Å². The van der Waals surface area contributed by atoms with Crippen LogP contribution in [-0.2, 0) is 4.74 Å². The molecule has 2 rings (SSSR count). The monoisotopic (exact) mass is 251 g/mol. The zero-order chi connectivity index (χ0) is 12.3. The molecular weight excluding hydrogens is 241 g/mol. The molecule has 1 aromatic heterocycles. The fraction of sp³-hybridized carbons (Fsp3) is 0.167. The summed E-state index contributed by atoms with van der Waals surface area (Å²) in [6.45, 7) is 2.07. The Morgan fingerprint density at radius 1 is 1.41 bits per heavy atom. The van der Waals surface area contributed by atoms with Gasteiger partial charge >= 0.3 is 5.97 Å². The Morgan fingerprint density at radius 2 is 2.12 bits per heavy atom. The molecule has 0 spiro atoms. The van der Waals surface area contributed by atoms with Crippen molar-refractivity contribution in [2.45, 2.75) is 6.92 Å². The van der Waals surface area contributed by atoms with Crippen molar-refractivity contribution in [1.29, 1.82) is 0 Å². The first-order chi connectivity index (χ1) is 8.20. The van der Waals surface area contributed by atoms with Gasteiger partial charge in [-0.05, 0) is 31.2 Å². The normalized spacial score (nSPS) is 10.2. The maximum atomic E-state index is 12.7. The largest absolute Gasteiger partial charge is 0.461 e. The molecule has 2 aromatic rings. The number of halogens is 1. The highest BCUT2D eigenvalue weighted by Crippen LogP contribution is 2.22. The van der Waals surface area contributed by atoms with Gasteiger partial charge in [-0.15, -0.1) is 11.3 Å². The van der Waals surface area contributed by atoms with Crippen LogP contribution >= 0.6 is 11.3 Å². The Kier molecular flexibility index (Phi) is 3.49. The first-order valence-electron chi connectivity index (χ1n) is 5.09. The Balaban J connectivity index is 2.23. The number of aromatic nitrogens is 1. The van der Waals surface area contributed by atoms with Crippen LogP contribution in [0.3, 0.4) is 0 Å². The molecule has 0 N–H and O–H groups in total. The first kappa shape index (κ1) is 11.7. The number of carbonyl (C=O) groups is 1. The van der Waals surface area contributed by atoms with E-state index < -0.39 is 5.97 Å². The number of carbonyl (C=O) groups excluding carboxylic acids is 1. The summed E-state index contributed by atoms with van der Waals surface area (Å²) in [6.07, 6.45) is 0. The smallest absolute Gasteiger partial charge is 0.367 e. The van der Waals surface area contributed by atoms with E-state index in [2.05, 4.69) is 4.98 Å². The predicted octanol–water partition coefficient (Wildman–Crippen LogP) is 3.13. The average Bonchev–Trinajstić information content (AvgIpc) is 2.80. The van der Waals surface area contributed by atoms with Crippen LogP contribution in [0.25, 0.3) is 11.3 Å². The molecule has 0 saturated carbocycles. The van der Waals surface area contributed by atoms with Crippen LogP contribution < -0.4 is 0 Å². The van der Waals surface area contributed by atoms with E-state index in [1.807, 2.05) is 0 Å². The zero-order valence-electron chi connectivity index (χ0n) is 9.14. The van der Waals surface area contributed by atoms with Crippen LogP contribution in [-0.4, -0.2) is 17.6 Å². The standard InChI is InChI=1S/C12H10FNO2S/c1-2-16-12(15)11-14-10(7-17-11)8-3-5-9(13)6-4-8/h3-7H,2H2,1H3. The lowest BCUT2D eigenvalue weighted by Gasteiger charge is -1.97. The average molecular weight is 251 g/mol. The summed E-state index contributed by atoms with van der Waals surface area (Å²) < 4.78 is 17.6. The number of thiazole rings is 1. The van der Waals surface area contributed by atoms with Crippen molar-refractivity contribution in [1.82, 2.24) is 4.98 Å². The quantitative estimate of drug-likeness (QED) is 0.787. The van der Waals surface area contributed by atoms with Crippen LogP contribution in [0.2, 0.25) is 0 Å². The Morgan fingerprint density at radius 3 is 2.76 bits per heavy atom. The van der Waals surface area contributed by atoms with Gasteiger partial charge in [0.15, 0.2) is 0 Å². The van der Waals surface area contributed by atoms with Gasteiger partial charge in [0.2, 0.25) is 5.01 Å². The van der Waals surface area contributed by atoms with Crippen LogP contribution in [0.1, 0.15) is 16.7 Å². The topological polar surface area (TPSA) is 39.2 Å². The molecule has 1 heterocycles. The molecule has 3 nitrogen and oxygen atoms in total. The van der Waals surface area contributed by atoms with Crippen molar-refractivity contribution >= 4 is 17.3 Å². The minimum absolute atomic E-state index is 0.297. The molecule has 0 atom stereocenters. The minimum Gasteiger partial charge on any atom is -0.461 e. The van der Waals surface area contributed by atoms with E-state index >= 15 is 0 Å². The molecule has 1 aromatic carbocycles. The van der Waals surface area contributed by atoms with Crippen molar-refractivity contribution in [2.75, 3.05) is 6.61 Å². The highest BCUT2D eigenvalue weighted by molar-refractivity contribution is 7.11. The number of benzene rings is 1. The zero-order valence-corrected chi connectivity index (χ0v) is 9.96. The van der Waals surface area contributed by atoms with E-state index in [9.17, 15) is 9.18 Å². The number of esters is 1. The van der Waals surface area contributed by atoms with E-state index in [1.54, 1.807) is 24.4 Å². The van der Waals surface area contributed by atoms with E-state index in [0.29, 0.717) is 17.3 Å². The fourth-order valence-electron chi connectivity index (χ4n) is 1.31. The third kappa shape index (κ3) is 2.68. The van der Waals surface area contributed by atoms with Gasteiger partial charge in [0.1, 0.15) is 5.82 Å². The number of hydrogen-bond donors (Lipinski definition) is 0. The van der Waals surface area contributed by atoms with Gasteiger partial charge in [0, 0.05) is 10.9 Å². The first-order valence-corrected chi connectivity index (χ1v) is 5.97. The highest BCUT2D eigenvalue weighted by Gasteiger charge is 2.12. The molecule has 0 saturated heterocycles. The summed E-state index contributed by atoms with van der Waals surface area (Å²) >= 11 is 1.22. The van der Waals surface area contributed by atoms with Gasteiger partial charge in [-0.2, -0.15) is 0 Å². The minimum atomic E-state index is -0.425. The molecule has 0 aliphatic carbocycles. The van der Waals surface area contributed by atoms with E-state index in [1.165, 1.54) is 23.5 Å². The van der Waals surface area contributed by atoms with Crippen molar-refractivity contribution in [3.63, 3.8) is 0 Å². The van der Waals surface area contributed by atoms with Crippen LogP contribution in [0.5, 0.6) is 0 Å². The van der Waals surface area contributed by atoms with Crippen LogP contribution in [0, 0.1) is 5.82 Å². The van der Waals surface area contributed by atoms with Gasteiger partial charge in [-0.1, -0.05) is 0 Å². The summed E-state index contributed by atoms with van der Waals surface area (Å²) in [6, 6.07) is 5.97. The van der Waals surface area contributed by atoms with Crippen molar-refractivity contribution in [3.8, 4) is 11.3 Å². The number of nitrogens with zero attached hydrogens (tertiary/aromatic N) is 1. The van der Waals surface area contributed by atoms with E-state index in [4.69, 9.17) is 4.74 Å². The molecule has 88 valence electrons. The summed E-state index contributed by atoms with van der Waals surface area (Å²) in [5.41, 5.74) is 1.43. The third-order valence-corrected chi connectivity index (χ3v) is 2.92. The third-order valence-electron chi connectivity index (χ3n) is 2.09. The Hall–Kier alpha value is -1.75. The van der Waals surface area contributed by atoms with Crippen LogP contribution in [0.15, 0.2) is 29.6 Å². The predicted molar refractivity (Wildman–Crippen MR) is 63.5 cm³/mol. The lowest BCUT2D eigenvalue weighted by Crippen LogP contribution is -2.03. The van der Waals surface area contributed by atoms with Crippen molar-refractivity contribution in [3.05, 3.63) is 40.5 Å². The highest BCUT2D eigenvalue weighted by atomic mass is 32.1. The lowest BCUT2D eigenvalue weighted by atomic mass is 10.2. The van der Waals surface area contributed by atoms with Gasteiger partial charge in [-0.25, -0.2) is 14.2 Å². The van der Waals surface area contributed by atoms with E-state index in [-0.39, 0.29) is 5.82 Å². The second-order valence-electron chi connectivity index (χ2n) is 3.27. The molecule has 0 amide bonds. The maximum Gasteiger partial charge on any atom is 0.367 e. The molecule has 0 bridgehead atoms. The maximum absolute atomic E-state index is 12.7. The number of rotatable bonds is 3. The van der Waals surface area contributed by atoms with Gasteiger partial charge < -0.3 is 4.74 Å². The molecule has 5 heteroatoms. The fourth-order valence-corrected chi connectivity index (χ4v) is 2.03. The summed E-state index contributed by atoms with van der Waals surface area (Å²) in [7, 11) is 0. The SMILES string of the molecule is CCOC(=O)c1nc(-c2ccc(F)cc2)cs1. The van der Waals surface area contributed by atoms with Crippen molar-refractivity contribution < 1.29 is 13.9 Å².